The number of aryl methyl sites for hydroxylation is 6. The summed E-state index contributed by atoms with van der Waals surface area (Å²) >= 11 is 0. The highest BCUT2D eigenvalue weighted by Crippen LogP contribution is 2.43. The Hall–Kier alpha value is -13.8. The Morgan fingerprint density at radius 3 is 0.655 bits per heavy atom. The number of hydrogen-bond donors (Lipinski definition) is 0. The molecule has 0 saturated heterocycles. The third kappa shape index (κ3) is 12.3. The maximum Gasteiger partial charge on any atom is 0.0542 e. The van der Waals surface area contributed by atoms with Gasteiger partial charge in [0.25, 0.3) is 0 Å². The Morgan fingerprint density at radius 1 is 0.164 bits per heavy atom. The normalized spacial score (nSPS) is 11.5. The van der Waals surface area contributed by atoms with E-state index in [4.69, 9.17) is 0 Å². The summed E-state index contributed by atoms with van der Waals surface area (Å²) in [4.78, 5) is 0. The molecule has 4 heterocycles. The molecule has 524 valence electrons. The molecule has 20 rings (SSSR count). The molecule has 4 nitrogen and oxygen atoms in total. The Kier molecular flexibility index (Phi) is 16.9. The Balaban J connectivity index is 0.000000150. The van der Waals surface area contributed by atoms with E-state index in [1.165, 1.54) is 188 Å². The van der Waals surface area contributed by atoms with E-state index >= 15 is 0 Å². The van der Waals surface area contributed by atoms with Gasteiger partial charge in [-0.25, -0.2) is 0 Å². The highest BCUT2D eigenvalue weighted by molar-refractivity contribution is 6.05. The first-order chi connectivity index (χ1) is 54.0. The van der Waals surface area contributed by atoms with Gasteiger partial charge in [-0.1, -0.05) is 301 Å². The molecule has 0 spiro atoms. The molecule has 4 aromatic heterocycles. The van der Waals surface area contributed by atoms with Gasteiger partial charge in [0.1, 0.15) is 0 Å². The van der Waals surface area contributed by atoms with Gasteiger partial charge in [-0.05, 0) is 238 Å². The van der Waals surface area contributed by atoms with Crippen LogP contribution in [0.4, 0.5) is 0 Å². The molecule has 0 aliphatic rings. The van der Waals surface area contributed by atoms with Gasteiger partial charge in [0.15, 0.2) is 0 Å². The fourth-order valence-corrected chi connectivity index (χ4v) is 16.6. The molecule has 0 amide bonds. The Bertz CT molecular complexity index is 6430. The Morgan fingerprint density at radius 2 is 0.382 bits per heavy atom. The molecule has 20 aromatic rings. The number of hydrogen-bond acceptors (Lipinski definition) is 0. The van der Waals surface area contributed by atoms with Crippen molar-refractivity contribution in [2.24, 2.45) is 0 Å². The van der Waals surface area contributed by atoms with Crippen LogP contribution in [-0.4, -0.2) is 18.3 Å². The van der Waals surface area contributed by atoms with Crippen molar-refractivity contribution in [3.63, 3.8) is 0 Å². The molecule has 0 bridgehead atoms. The van der Waals surface area contributed by atoms with Crippen LogP contribution in [0.1, 0.15) is 33.4 Å². The van der Waals surface area contributed by atoms with E-state index in [-0.39, 0.29) is 0 Å². The highest BCUT2D eigenvalue weighted by Gasteiger charge is 2.23. The van der Waals surface area contributed by atoms with Crippen molar-refractivity contribution in [2.45, 2.75) is 41.5 Å². The molecule has 0 saturated carbocycles. The molecule has 0 aliphatic carbocycles. The van der Waals surface area contributed by atoms with E-state index in [0.717, 1.165) is 22.7 Å². The zero-order valence-corrected chi connectivity index (χ0v) is 62.6. The molecular formula is C106H80N4. The van der Waals surface area contributed by atoms with Gasteiger partial charge in [-0.15, -0.1) is 0 Å². The molecule has 0 unspecified atom stereocenters. The van der Waals surface area contributed by atoms with Crippen LogP contribution in [0.15, 0.2) is 376 Å². The van der Waals surface area contributed by atoms with Crippen molar-refractivity contribution in [3.05, 3.63) is 409 Å². The molecule has 0 aliphatic heterocycles. The first kappa shape index (κ1) is 66.9. The summed E-state index contributed by atoms with van der Waals surface area (Å²) < 4.78 is 9.74. The summed E-state index contributed by atoms with van der Waals surface area (Å²) in [5.41, 5.74) is 36.3. The lowest BCUT2D eigenvalue weighted by atomic mass is 9.98. The average molecular weight is 1410 g/mol. The lowest BCUT2D eigenvalue weighted by Crippen LogP contribution is -1.98. The van der Waals surface area contributed by atoms with Crippen LogP contribution in [0.5, 0.6) is 0 Å². The number of benzene rings is 16. The van der Waals surface area contributed by atoms with E-state index in [0.29, 0.717) is 0 Å². The minimum atomic E-state index is 1.14. The fraction of sp³-hybridized carbons (Fsp3) is 0.0566. The molecule has 110 heavy (non-hydrogen) atoms. The van der Waals surface area contributed by atoms with Crippen LogP contribution in [0.3, 0.4) is 0 Å². The second kappa shape index (κ2) is 27.8. The van der Waals surface area contributed by atoms with Gasteiger partial charge in [0.2, 0.25) is 0 Å². The van der Waals surface area contributed by atoms with Crippen LogP contribution >= 0.6 is 0 Å². The summed E-state index contributed by atoms with van der Waals surface area (Å²) in [6.45, 7) is 13.0. The van der Waals surface area contributed by atoms with E-state index < -0.39 is 0 Å². The number of rotatable bonds is 12. The quantitative estimate of drug-likeness (QED) is 0.116. The van der Waals surface area contributed by atoms with Gasteiger partial charge in [0.05, 0.1) is 44.8 Å². The van der Waals surface area contributed by atoms with E-state index in [1.807, 2.05) is 0 Å². The van der Waals surface area contributed by atoms with Gasteiger partial charge in [-0.2, -0.15) is 0 Å². The SMILES string of the molecule is Cc1ccc(-c2cc3cc4c(cc(-c5ccc(C)cc5)n4-c4ccc(-c5cccc6ccccc56)cc4)cc3n2-c2ccc(-c3cccc4ccccc34)cc2)cc1.Cc1ccc(-c2cc3cc4c(cc(-c5ccc(C)cc5)n4-c4ccc(-c5ccccc5C)cc4)cc3n2-c2ccc(-c3ccccc3C)cc2)cc1. The van der Waals surface area contributed by atoms with Crippen LogP contribution in [0.25, 0.3) is 177 Å². The van der Waals surface area contributed by atoms with Crippen LogP contribution in [0, 0.1) is 41.5 Å². The first-order valence-electron chi connectivity index (χ1n) is 38.2. The summed E-state index contributed by atoms with van der Waals surface area (Å²) in [7, 11) is 0. The molecule has 16 aromatic carbocycles. The van der Waals surface area contributed by atoms with Crippen molar-refractivity contribution >= 4 is 65.2 Å². The van der Waals surface area contributed by atoms with Gasteiger partial charge in [-0.3, -0.25) is 0 Å². The maximum absolute atomic E-state index is 2.44. The lowest BCUT2D eigenvalue weighted by Gasteiger charge is -2.14. The summed E-state index contributed by atoms with van der Waals surface area (Å²) in [5, 5.41) is 9.85. The zero-order chi connectivity index (χ0) is 74.1. The van der Waals surface area contributed by atoms with Gasteiger partial charge in [0, 0.05) is 44.3 Å². The third-order valence-corrected chi connectivity index (χ3v) is 22.5. The average Bonchev–Trinajstić information content (AvgIpc) is 1.58. The monoisotopic (exact) mass is 1410 g/mol. The van der Waals surface area contributed by atoms with E-state index in [1.54, 1.807) is 0 Å². The standard InChI is InChI=1S/C56H40N2.C50H40N2/c1-37-17-21-43(22-18-37)53-33-45-35-56-46(36-55(45)57(53)47-29-25-41(26-30-47)51-15-7-11-39-9-3-5-13-49(39)51)34-54(44-23-19-38(2)20-24-44)58(56)48-31-27-42(28-32-48)52-16-8-12-40-10-4-6-14-50(40)52;1-33-13-17-39(18-14-33)47-29-41-31-50-42(32-49(41)51(47)43-25-21-37(22-26-43)45-11-7-5-9-35(45)3)30-48(40-19-15-34(2)16-20-40)52(50)44-27-23-38(24-28-44)46-12-8-6-10-36(46)4/h3-36H,1-2H3;5-32H,1-4H3. The zero-order valence-electron chi connectivity index (χ0n) is 62.6. The van der Waals surface area contributed by atoms with Crippen LogP contribution < -0.4 is 0 Å². The fourth-order valence-electron chi connectivity index (χ4n) is 16.6. The molecule has 0 fully saturated rings. The smallest absolute Gasteiger partial charge is 0.0542 e. The second-order valence-corrected chi connectivity index (χ2v) is 29.7. The minimum Gasteiger partial charge on any atom is -0.309 e. The van der Waals surface area contributed by atoms with Crippen molar-refractivity contribution in [1.29, 1.82) is 0 Å². The first-order valence-corrected chi connectivity index (χ1v) is 38.2. The van der Waals surface area contributed by atoms with Crippen molar-refractivity contribution in [3.8, 4) is 112 Å². The van der Waals surface area contributed by atoms with Crippen LogP contribution in [0.2, 0.25) is 0 Å². The highest BCUT2D eigenvalue weighted by atomic mass is 15.0. The van der Waals surface area contributed by atoms with Crippen LogP contribution in [-0.2, 0) is 0 Å². The minimum absolute atomic E-state index is 1.14. The van der Waals surface area contributed by atoms with E-state index in [2.05, 4.69) is 436 Å². The summed E-state index contributed by atoms with van der Waals surface area (Å²) in [5.74, 6) is 0. The topological polar surface area (TPSA) is 19.7 Å². The largest absolute Gasteiger partial charge is 0.309 e. The number of fused-ring (bicyclic) bond motifs is 6. The van der Waals surface area contributed by atoms with Crippen molar-refractivity contribution in [2.75, 3.05) is 0 Å². The van der Waals surface area contributed by atoms with Gasteiger partial charge < -0.3 is 18.3 Å². The number of nitrogens with zero attached hydrogens (tertiary/aromatic N) is 4. The number of aromatic nitrogens is 4. The molecule has 4 heteroatoms. The molecular weight excluding hydrogens is 1330 g/mol. The van der Waals surface area contributed by atoms with Crippen molar-refractivity contribution < 1.29 is 0 Å². The van der Waals surface area contributed by atoms with Crippen molar-refractivity contribution in [1.82, 2.24) is 18.3 Å². The predicted octanol–water partition coefficient (Wildman–Crippen LogP) is 28.6. The van der Waals surface area contributed by atoms with Gasteiger partial charge >= 0.3 is 0 Å². The summed E-state index contributed by atoms with van der Waals surface area (Å²) in [6.07, 6.45) is 0. The third-order valence-electron chi connectivity index (χ3n) is 22.5. The Labute approximate surface area is 642 Å². The summed E-state index contributed by atoms with van der Waals surface area (Å²) in [6, 6.07) is 139. The molecule has 0 N–H and O–H groups in total. The molecule has 0 atom stereocenters. The van der Waals surface area contributed by atoms with E-state index in [9.17, 15) is 0 Å². The maximum atomic E-state index is 2.44. The second-order valence-electron chi connectivity index (χ2n) is 29.7. The lowest BCUT2D eigenvalue weighted by molar-refractivity contribution is 1.13. The molecule has 0 radical (unpaired) electrons. The predicted molar refractivity (Wildman–Crippen MR) is 467 cm³/mol.